The Morgan fingerprint density at radius 3 is 2.34 bits per heavy atom. The highest BCUT2D eigenvalue weighted by Crippen LogP contribution is 2.41. The topological polar surface area (TPSA) is 135 Å². The predicted molar refractivity (Wildman–Crippen MR) is 129 cm³/mol. The Morgan fingerprint density at radius 2 is 1.74 bits per heavy atom. The maximum absolute atomic E-state index is 12.6. The zero-order valence-corrected chi connectivity index (χ0v) is 20.2. The van der Waals surface area contributed by atoms with Crippen molar-refractivity contribution in [1.29, 1.82) is 0 Å². The van der Waals surface area contributed by atoms with E-state index in [1.165, 1.54) is 6.07 Å². The second-order valence-electron chi connectivity index (χ2n) is 9.22. The van der Waals surface area contributed by atoms with Gasteiger partial charge in [-0.3, -0.25) is 4.79 Å². The molecule has 2 atom stereocenters. The fourth-order valence-electron chi connectivity index (χ4n) is 3.38. The fourth-order valence-corrected chi connectivity index (χ4v) is 3.38. The zero-order chi connectivity index (χ0) is 25.9. The maximum Gasteiger partial charge on any atom is 0.413 e. The molecular weight excluding hydrogens is 454 g/mol. The van der Waals surface area contributed by atoms with Gasteiger partial charge in [-0.25, -0.2) is 9.59 Å². The molecule has 0 bridgehead atoms. The van der Waals surface area contributed by atoms with E-state index in [-0.39, 0.29) is 22.6 Å². The van der Waals surface area contributed by atoms with Crippen LogP contribution in [0.25, 0.3) is 22.3 Å². The minimum atomic E-state index is -1.06. The van der Waals surface area contributed by atoms with Gasteiger partial charge in [0.05, 0.1) is 0 Å². The lowest BCUT2D eigenvalue weighted by molar-refractivity contribution is -0.158. The number of carbonyl (C=O) groups is 2. The quantitative estimate of drug-likeness (QED) is 0.339. The third-order valence-corrected chi connectivity index (χ3v) is 5.34. The standard InChI is InChI=1S/C26H29NO8/c1-6-14(2)21(24(31)35-26(3,4)5)27-25(32)34-19-13-18-20(23(30)22(19)29)16(28)12-17(33-18)15-10-8-7-9-11-15/h7-14,21,29-30H,6H2,1-5H3,(H,27,32)/t14-,21+/m1/s1. The number of esters is 1. The number of nitrogens with one attached hydrogen (secondary N) is 1. The van der Waals surface area contributed by atoms with Crippen molar-refractivity contribution in [3.63, 3.8) is 0 Å². The number of amides is 1. The summed E-state index contributed by atoms with van der Waals surface area (Å²) in [5.74, 6) is -2.73. The van der Waals surface area contributed by atoms with E-state index in [4.69, 9.17) is 13.9 Å². The van der Waals surface area contributed by atoms with Gasteiger partial charge in [0.15, 0.2) is 16.9 Å². The largest absolute Gasteiger partial charge is 0.504 e. The van der Waals surface area contributed by atoms with Crippen LogP contribution < -0.4 is 15.5 Å². The second kappa shape index (κ2) is 10.1. The van der Waals surface area contributed by atoms with Gasteiger partial charge in [-0.1, -0.05) is 50.6 Å². The first-order chi connectivity index (χ1) is 16.4. The smallest absolute Gasteiger partial charge is 0.413 e. The molecule has 3 aromatic rings. The van der Waals surface area contributed by atoms with Gasteiger partial charge in [0.25, 0.3) is 0 Å². The van der Waals surface area contributed by atoms with E-state index in [0.717, 1.165) is 6.07 Å². The molecule has 0 aliphatic heterocycles. The molecule has 1 aromatic heterocycles. The summed E-state index contributed by atoms with van der Waals surface area (Å²) in [6, 6.07) is 10.1. The first kappa shape index (κ1) is 25.6. The van der Waals surface area contributed by atoms with E-state index in [0.29, 0.717) is 12.0 Å². The van der Waals surface area contributed by atoms with Crippen LogP contribution in [0.2, 0.25) is 0 Å². The summed E-state index contributed by atoms with van der Waals surface area (Å²) in [6.45, 7) is 8.77. The molecule has 186 valence electrons. The Bertz CT molecular complexity index is 1290. The minimum Gasteiger partial charge on any atom is -0.504 e. The van der Waals surface area contributed by atoms with E-state index < -0.39 is 46.4 Å². The summed E-state index contributed by atoms with van der Waals surface area (Å²) in [5.41, 5.74) is -0.825. The maximum atomic E-state index is 12.6. The molecule has 0 saturated carbocycles. The van der Waals surface area contributed by atoms with E-state index in [9.17, 15) is 24.6 Å². The van der Waals surface area contributed by atoms with E-state index >= 15 is 0 Å². The van der Waals surface area contributed by atoms with Crippen LogP contribution in [0.15, 0.2) is 51.7 Å². The normalized spacial score (nSPS) is 13.2. The van der Waals surface area contributed by atoms with Crippen molar-refractivity contribution in [2.45, 2.75) is 52.7 Å². The lowest BCUT2D eigenvalue weighted by Gasteiger charge is -2.27. The van der Waals surface area contributed by atoms with Gasteiger partial charge in [-0.05, 0) is 26.7 Å². The Morgan fingerprint density at radius 1 is 1.09 bits per heavy atom. The van der Waals surface area contributed by atoms with Gasteiger partial charge in [0.1, 0.15) is 28.4 Å². The Kier molecular flexibility index (Phi) is 7.38. The van der Waals surface area contributed by atoms with E-state index in [1.807, 2.05) is 6.92 Å². The first-order valence-corrected chi connectivity index (χ1v) is 11.2. The van der Waals surface area contributed by atoms with Crippen molar-refractivity contribution in [3.05, 3.63) is 52.7 Å². The monoisotopic (exact) mass is 483 g/mol. The molecule has 9 heteroatoms. The summed E-state index contributed by atoms with van der Waals surface area (Å²) < 4.78 is 16.3. The number of hydrogen-bond acceptors (Lipinski definition) is 8. The van der Waals surface area contributed by atoms with Crippen LogP contribution in [-0.2, 0) is 9.53 Å². The highest BCUT2D eigenvalue weighted by molar-refractivity contribution is 5.90. The Balaban J connectivity index is 1.93. The Hall–Kier alpha value is -4.01. The molecule has 3 rings (SSSR count). The summed E-state index contributed by atoms with van der Waals surface area (Å²) in [4.78, 5) is 37.9. The molecule has 1 heterocycles. The lowest BCUT2D eigenvalue weighted by atomic mass is 9.99. The van der Waals surface area contributed by atoms with Crippen LogP contribution in [-0.4, -0.2) is 33.9 Å². The van der Waals surface area contributed by atoms with E-state index in [1.54, 1.807) is 58.0 Å². The van der Waals surface area contributed by atoms with Crippen LogP contribution in [0.1, 0.15) is 41.0 Å². The van der Waals surface area contributed by atoms with Crippen molar-refractivity contribution >= 4 is 23.0 Å². The van der Waals surface area contributed by atoms with Crippen molar-refractivity contribution in [1.82, 2.24) is 5.32 Å². The Labute approximate surface area is 202 Å². The van der Waals surface area contributed by atoms with E-state index in [2.05, 4.69) is 5.32 Å². The first-order valence-electron chi connectivity index (χ1n) is 11.2. The molecule has 9 nitrogen and oxygen atoms in total. The summed E-state index contributed by atoms with van der Waals surface area (Å²) in [6.07, 6.45) is -0.489. The zero-order valence-electron chi connectivity index (χ0n) is 20.2. The third-order valence-electron chi connectivity index (χ3n) is 5.34. The molecule has 0 unspecified atom stereocenters. The molecule has 35 heavy (non-hydrogen) atoms. The number of phenolic OH excluding ortho intramolecular Hbond substituents is 2. The number of phenols is 2. The highest BCUT2D eigenvalue weighted by Gasteiger charge is 2.31. The molecule has 0 radical (unpaired) electrons. The van der Waals surface area contributed by atoms with Crippen molar-refractivity contribution < 1.29 is 33.7 Å². The van der Waals surface area contributed by atoms with Crippen molar-refractivity contribution in [2.24, 2.45) is 5.92 Å². The van der Waals surface area contributed by atoms with Gasteiger partial charge < -0.3 is 29.4 Å². The van der Waals surface area contributed by atoms with Crippen LogP contribution in [0, 0.1) is 5.92 Å². The van der Waals surface area contributed by atoms with Crippen molar-refractivity contribution in [3.8, 4) is 28.6 Å². The van der Waals surface area contributed by atoms with Gasteiger partial charge >= 0.3 is 12.1 Å². The number of aromatic hydroxyl groups is 2. The molecule has 2 aromatic carbocycles. The van der Waals surface area contributed by atoms with Crippen LogP contribution in [0.4, 0.5) is 4.79 Å². The predicted octanol–water partition coefficient (Wildman–Crippen LogP) is 4.72. The van der Waals surface area contributed by atoms with Gasteiger partial charge in [0, 0.05) is 17.7 Å². The molecule has 0 aliphatic rings. The number of carbonyl (C=O) groups excluding carboxylic acids is 2. The van der Waals surface area contributed by atoms with Crippen LogP contribution >= 0.6 is 0 Å². The van der Waals surface area contributed by atoms with Gasteiger partial charge in [0.2, 0.25) is 5.75 Å². The average molecular weight is 484 g/mol. The molecule has 3 N–H and O–H groups in total. The van der Waals surface area contributed by atoms with Gasteiger partial charge in [-0.15, -0.1) is 0 Å². The number of hydrogen-bond donors (Lipinski definition) is 3. The summed E-state index contributed by atoms with van der Waals surface area (Å²) in [7, 11) is 0. The highest BCUT2D eigenvalue weighted by atomic mass is 16.6. The second-order valence-corrected chi connectivity index (χ2v) is 9.22. The third kappa shape index (κ3) is 5.92. The molecule has 1 amide bonds. The molecule has 0 fully saturated rings. The molecule has 0 saturated heterocycles. The lowest BCUT2D eigenvalue weighted by Crippen LogP contribution is -2.48. The number of benzene rings is 2. The molecule has 0 aliphatic carbocycles. The molecular formula is C26H29NO8. The van der Waals surface area contributed by atoms with Crippen molar-refractivity contribution in [2.75, 3.05) is 0 Å². The summed E-state index contributed by atoms with van der Waals surface area (Å²) >= 11 is 0. The van der Waals surface area contributed by atoms with Gasteiger partial charge in [-0.2, -0.15) is 0 Å². The average Bonchev–Trinajstić information content (AvgIpc) is 2.79. The molecule has 0 spiro atoms. The van der Waals surface area contributed by atoms with Crippen LogP contribution in [0.3, 0.4) is 0 Å². The number of ether oxygens (including phenoxy) is 2. The fraction of sp³-hybridized carbons (Fsp3) is 0.346. The number of rotatable bonds is 6. The SMILES string of the molecule is CC[C@@H](C)[C@H](NC(=O)Oc1cc2oc(-c3ccccc3)cc(=O)c2c(O)c1O)C(=O)OC(C)(C)C. The summed E-state index contributed by atoms with van der Waals surface area (Å²) in [5, 5.41) is 23.0. The number of fused-ring (bicyclic) bond motifs is 1. The minimum absolute atomic E-state index is 0.0972. The van der Waals surface area contributed by atoms with Crippen LogP contribution in [0.5, 0.6) is 17.2 Å².